The highest BCUT2D eigenvalue weighted by Gasteiger charge is 2.43. The van der Waals surface area contributed by atoms with Gasteiger partial charge in [0.1, 0.15) is 12.2 Å². The van der Waals surface area contributed by atoms with Gasteiger partial charge in [0, 0.05) is 18.8 Å². The molecule has 0 aliphatic carbocycles. The summed E-state index contributed by atoms with van der Waals surface area (Å²) in [7, 11) is 0. The first-order valence-corrected chi connectivity index (χ1v) is 10.1. The highest BCUT2D eigenvalue weighted by atomic mass is 19.4. The number of imide groups is 1. The third-order valence-corrected chi connectivity index (χ3v) is 4.27. The van der Waals surface area contributed by atoms with Crippen molar-refractivity contribution in [1.82, 2.24) is 4.90 Å². The van der Waals surface area contributed by atoms with Crippen LogP contribution in [0.15, 0.2) is 0 Å². The Balaban J connectivity index is 0.00000140. The van der Waals surface area contributed by atoms with Crippen LogP contribution in [0, 0.1) is 11.8 Å². The molecule has 1 aliphatic rings. The van der Waals surface area contributed by atoms with E-state index in [4.69, 9.17) is 9.47 Å². The van der Waals surface area contributed by atoms with Crippen molar-refractivity contribution in [3.63, 3.8) is 0 Å². The van der Waals surface area contributed by atoms with E-state index in [1.807, 2.05) is 0 Å². The number of carbonyl (C=O) groups is 3. The predicted molar refractivity (Wildman–Crippen MR) is 102 cm³/mol. The van der Waals surface area contributed by atoms with Gasteiger partial charge in [0.05, 0.1) is 12.5 Å². The fourth-order valence-electron chi connectivity index (χ4n) is 2.61. The lowest BCUT2D eigenvalue weighted by atomic mass is 9.95. The standard InChI is InChI=1S/C17H26F3NO5.C3H5F3/c1-10(2)12-9-25-15(24)21(12)14(23)11(6-7-17(18,19)20)8-13(22)26-16(3,4)5;1-2-3(4,5)6/h10-12H,6-9H2,1-5H3;2H2,1H3. The Hall–Kier alpha value is -2.01. The van der Waals surface area contributed by atoms with E-state index in [1.165, 1.54) is 0 Å². The first kappa shape index (κ1) is 30.0. The van der Waals surface area contributed by atoms with Gasteiger partial charge in [-0.25, -0.2) is 9.69 Å². The molecule has 2 amide bonds. The molecule has 0 aromatic carbocycles. The fourth-order valence-corrected chi connectivity index (χ4v) is 2.61. The van der Waals surface area contributed by atoms with Crippen molar-refractivity contribution in [3.05, 3.63) is 0 Å². The lowest BCUT2D eigenvalue weighted by molar-refractivity contribution is -0.161. The van der Waals surface area contributed by atoms with Gasteiger partial charge in [0.15, 0.2) is 0 Å². The van der Waals surface area contributed by atoms with E-state index >= 15 is 0 Å². The molecule has 1 saturated heterocycles. The van der Waals surface area contributed by atoms with Crippen LogP contribution in [0.5, 0.6) is 0 Å². The van der Waals surface area contributed by atoms with Gasteiger partial charge >= 0.3 is 24.4 Å². The van der Waals surface area contributed by atoms with Crippen LogP contribution in [0.1, 0.15) is 67.2 Å². The summed E-state index contributed by atoms with van der Waals surface area (Å²) >= 11 is 0. The predicted octanol–water partition coefficient (Wildman–Crippen LogP) is 5.64. The summed E-state index contributed by atoms with van der Waals surface area (Å²) in [6, 6.07) is -0.568. The number of nitrogens with zero attached hydrogens (tertiary/aromatic N) is 1. The molecule has 1 rings (SSSR count). The zero-order chi connectivity index (χ0) is 25.5. The van der Waals surface area contributed by atoms with Gasteiger partial charge in [0.2, 0.25) is 5.91 Å². The first-order valence-electron chi connectivity index (χ1n) is 10.1. The molecular weight excluding hydrogens is 448 g/mol. The summed E-state index contributed by atoms with van der Waals surface area (Å²) in [5.41, 5.74) is -0.832. The van der Waals surface area contributed by atoms with Crippen LogP contribution in [0.3, 0.4) is 0 Å². The lowest BCUT2D eigenvalue weighted by Crippen LogP contribution is -2.45. The second kappa shape index (κ2) is 11.7. The maximum Gasteiger partial charge on any atom is 0.416 e. The molecule has 0 spiro atoms. The summed E-state index contributed by atoms with van der Waals surface area (Å²) in [5, 5.41) is 0. The smallest absolute Gasteiger partial charge is 0.416 e. The number of halogens is 6. The van der Waals surface area contributed by atoms with Crippen molar-refractivity contribution in [3.8, 4) is 0 Å². The number of ether oxygens (including phenoxy) is 2. The molecule has 2 atom stereocenters. The molecule has 1 aliphatic heterocycles. The minimum absolute atomic E-state index is 0.0132. The summed E-state index contributed by atoms with van der Waals surface area (Å²) in [6.07, 6.45) is -12.4. The van der Waals surface area contributed by atoms with E-state index < -0.39 is 73.6 Å². The van der Waals surface area contributed by atoms with Crippen LogP contribution in [0.2, 0.25) is 0 Å². The second-order valence-electron chi connectivity index (χ2n) is 8.71. The quantitative estimate of drug-likeness (QED) is 0.364. The zero-order valence-corrected chi connectivity index (χ0v) is 19.0. The third-order valence-electron chi connectivity index (χ3n) is 4.27. The number of cyclic esters (lactones) is 1. The molecule has 0 aromatic rings. The number of hydrogen-bond acceptors (Lipinski definition) is 5. The molecular formula is C20H31F6NO5. The van der Waals surface area contributed by atoms with Gasteiger partial charge in [-0.2, -0.15) is 26.3 Å². The van der Waals surface area contributed by atoms with Gasteiger partial charge < -0.3 is 9.47 Å². The minimum Gasteiger partial charge on any atom is -0.460 e. The Kier molecular flexibility index (Phi) is 11.0. The summed E-state index contributed by atoms with van der Waals surface area (Å²) in [5.74, 6) is -3.05. The largest absolute Gasteiger partial charge is 0.460 e. The molecule has 0 aromatic heterocycles. The molecule has 1 heterocycles. The Bertz CT molecular complexity index is 640. The molecule has 0 N–H and O–H groups in total. The monoisotopic (exact) mass is 479 g/mol. The normalized spacial score (nSPS) is 18.1. The second-order valence-corrected chi connectivity index (χ2v) is 8.71. The van der Waals surface area contributed by atoms with Crippen molar-refractivity contribution in [2.75, 3.05) is 6.61 Å². The van der Waals surface area contributed by atoms with Gasteiger partial charge in [0.25, 0.3) is 0 Å². The van der Waals surface area contributed by atoms with E-state index in [9.17, 15) is 40.7 Å². The SMILES string of the molecule is CC(C)C1COC(=O)N1C(=O)C(CCC(F)(F)F)CC(=O)OC(C)(C)C.CCC(F)(F)F. The third kappa shape index (κ3) is 12.1. The van der Waals surface area contributed by atoms with Crippen molar-refractivity contribution < 1.29 is 50.2 Å². The van der Waals surface area contributed by atoms with E-state index in [1.54, 1.807) is 34.6 Å². The van der Waals surface area contributed by atoms with Crippen molar-refractivity contribution in [2.24, 2.45) is 11.8 Å². The molecule has 12 heteroatoms. The first-order chi connectivity index (χ1) is 14.3. The summed E-state index contributed by atoms with van der Waals surface area (Å²) in [6.45, 7) is 9.45. The highest BCUT2D eigenvalue weighted by Crippen LogP contribution is 2.30. The van der Waals surface area contributed by atoms with Crippen LogP contribution >= 0.6 is 0 Å². The Morgan fingerprint density at radius 2 is 1.59 bits per heavy atom. The summed E-state index contributed by atoms with van der Waals surface area (Å²) in [4.78, 5) is 37.5. The van der Waals surface area contributed by atoms with E-state index in [-0.39, 0.29) is 12.5 Å². The number of esters is 1. The molecule has 0 radical (unpaired) electrons. The van der Waals surface area contributed by atoms with Crippen LogP contribution in [-0.2, 0) is 19.1 Å². The van der Waals surface area contributed by atoms with E-state index in [0.29, 0.717) is 0 Å². The van der Waals surface area contributed by atoms with Crippen molar-refractivity contribution in [1.29, 1.82) is 0 Å². The highest BCUT2D eigenvalue weighted by molar-refractivity contribution is 5.96. The van der Waals surface area contributed by atoms with E-state index in [2.05, 4.69) is 0 Å². The van der Waals surface area contributed by atoms with E-state index in [0.717, 1.165) is 11.8 Å². The van der Waals surface area contributed by atoms with Crippen molar-refractivity contribution in [2.45, 2.75) is 91.2 Å². The summed E-state index contributed by atoms with van der Waals surface area (Å²) < 4.78 is 80.2. The molecule has 32 heavy (non-hydrogen) atoms. The van der Waals surface area contributed by atoms with Crippen LogP contribution < -0.4 is 0 Å². The average molecular weight is 479 g/mol. The maximum atomic E-state index is 12.7. The zero-order valence-electron chi connectivity index (χ0n) is 19.0. The van der Waals surface area contributed by atoms with Gasteiger partial charge in [-0.3, -0.25) is 9.59 Å². The van der Waals surface area contributed by atoms with Crippen LogP contribution in [0.4, 0.5) is 31.1 Å². The lowest BCUT2D eigenvalue weighted by Gasteiger charge is -2.27. The van der Waals surface area contributed by atoms with Gasteiger partial charge in [-0.15, -0.1) is 0 Å². The molecule has 6 nitrogen and oxygen atoms in total. The molecule has 188 valence electrons. The number of alkyl halides is 6. The number of amides is 2. The Morgan fingerprint density at radius 3 is 1.97 bits per heavy atom. The Morgan fingerprint density at radius 1 is 1.09 bits per heavy atom. The fraction of sp³-hybridized carbons (Fsp3) is 0.850. The number of carbonyl (C=O) groups excluding carboxylic acids is 3. The molecule has 1 fully saturated rings. The number of hydrogen-bond donors (Lipinski definition) is 0. The van der Waals surface area contributed by atoms with Crippen LogP contribution in [-0.4, -0.2) is 53.5 Å². The van der Waals surface area contributed by atoms with Gasteiger partial charge in [-0.05, 0) is 33.1 Å². The minimum atomic E-state index is -4.48. The average Bonchev–Trinajstić information content (AvgIpc) is 2.97. The molecule has 2 unspecified atom stereocenters. The molecule has 0 bridgehead atoms. The Labute approximate surface area is 183 Å². The van der Waals surface area contributed by atoms with Crippen LogP contribution in [0.25, 0.3) is 0 Å². The van der Waals surface area contributed by atoms with Gasteiger partial charge in [-0.1, -0.05) is 20.8 Å². The topological polar surface area (TPSA) is 72.9 Å². The molecule has 0 saturated carbocycles. The number of rotatable bonds is 6. The maximum absolute atomic E-state index is 12.7. The van der Waals surface area contributed by atoms with Crippen molar-refractivity contribution >= 4 is 18.0 Å².